The lowest BCUT2D eigenvalue weighted by molar-refractivity contribution is -0.137. The molecule has 0 unspecified atom stereocenters. The maximum Gasteiger partial charge on any atom is 0.417 e. The molecule has 0 bridgehead atoms. The zero-order chi connectivity index (χ0) is 28.2. The van der Waals surface area contributed by atoms with Crippen molar-refractivity contribution in [2.24, 2.45) is 0 Å². The number of hydrogen-bond donors (Lipinski definition) is 0. The number of carbonyl (C=O) groups is 1. The third-order valence-electron chi connectivity index (χ3n) is 8.51. The minimum Gasteiger partial charge on any atom is -0.456 e. The van der Waals surface area contributed by atoms with Gasteiger partial charge in [-0.1, -0.05) is 39.8 Å². The van der Waals surface area contributed by atoms with Crippen LogP contribution < -0.4 is 4.90 Å². The summed E-state index contributed by atoms with van der Waals surface area (Å²) >= 11 is 0. The number of pyridine rings is 1. The van der Waals surface area contributed by atoms with Gasteiger partial charge in [-0.3, -0.25) is 4.79 Å². The average molecular weight is 540 g/mol. The first-order chi connectivity index (χ1) is 18.2. The van der Waals surface area contributed by atoms with Crippen LogP contribution in [0, 0.1) is 6.92 Å². The van der Waals surface area contributed by atoms with Crippen molar-refractivity contribution in [3.63, 3.8) is 0 Å². The van der Waals surface area contributed by atoms with Gasteiger partial charge in [0.05, 0.1) is 5.56 Å². The van der Waals surface area contributed by atoms with Gasteiger partial charge in [-0.15, -0.1) is 0 Å². The number of anilines is 1. The Morgan fingerprint density at radius 3 is 2.18 bits per heavy atom. The lowest BCUT2D eigenvalue weighted by Crippen LogP contribution is -2.49. The number of halogens is 3. The summed E-state index contributed by atoms with van der Waals surface area (Å²) < 4.78 is 44.5. The largest absolute Gasteiger partial charge is 0.456 e. The minimum atomic E-state index is -4.41. The van der Waals surface area contributed by atoms with E-state index in [-0.39, 0.29) is 16.7 Å². The highest BCUT2D eigenvalue weighted by Gasteiger charge is 2.37. The third-order valence-corrected chi connectivity index (χ3v) is 8.51. The van der Waals surface area contributed by atoms with Crippen LogP contribution in [0.25, 0.3) is 0 Å². The smallest absolute Gasteiger partial charge is 0.417 e. The first kappa shape index (κ1) is 27.3. The number of aryl methyl sites for hydroxylation is 1. The van der Waals surface area contributed by atoms with E-state index in [1.54, 1.807) is 11.0 Å². The number of hydrogen-bond acceptors (Lipinski definition) is 4. The number of nitrogens with zero attached hydrogens (tertiary/aromatic N) is 3. The number of piperazine rings is 1. The SMILES string of the molecule is Cc1cc2c(cc1Cc1ccc(C(=O)N3CCN(c4ccc(C(F)(F)F)cn4)CC3)o1)C(C)(C)CCC2(C)C. The number of carbonyl (C=O) groups excluding carboxylic acids is 1. The summed E-state index contributed by atoms with van der Waals surface area (Å²) in [6.07, 6.45) is -0.619. The molecule has 5 rings (SSSR count). The number of amides is 1. The maximum atomic E-state index is 13.2. The Kier molecular flexibility index (Phi) is 6.80. The standard InChI is InChI=1S/C31H36F3N3O2/c1-20-16-24-25(30(4,5)11-10-29(24,2)3)18-21(20)17-23-7-8-26(39-23)28(38)37-14-12-36(13-15-37)27-9-6-22(19-35-27)31(32,33)34/h6-9,16,18-19H,10-15,17H2,1-5H3. The van der Waals surface area contributed by atoms with Gasteiger partial charge < -0.3 is 14.2 Å². The maximum absolute atomic E-state index is 13.2. The van der Waals surface area contributed by atoms with Crippen LogP contribution in [0.5, 0.6) is 0 Å². The van der Waals surface area contributed by atoms with Crippen molar-refractivity contribution in [1.82, 2.24) is 9.88 Å². The average Bonchev–Trinajstić information content (AvgIpc) is 3.35. The summed E-state index contributed by atoms with van der Waals surface area (Å²) in [5.41, 5.74) is 4.79. The van der Waals surface area contributed by atoms with Crippen molar-refractivity contribution >= 4 is 11.7 Å². The lowest BCUT2D eigenvalue weighted by atomic mass is 9.62. The molecule has 0 atom stereocenters. The van der Waals surface area contributed by atoms with Crippen LogP contribution in [0.4, 0.5) is 19.0 Å². The Bertz CT molecular complexity index is 1360. The fourth-order valence-electron chi connectivity index (χ4n) is 5.77. The van der Waals surface area contributed by atoms with E-state index in [9.17, 15) is 18.0 Å². The molecule has 208 valence electrons. The van der Waals surface area contributed by atoms with E-state index in [1.165, 1.54) is 34.7 Å². The highest BCUT2D eigenvalue weighted by atomic mass is 19.4. The second kappa shape index (κ2) is 9.72. The monoisotopic (exact) mass is 539 g/mol. The summed E-state index contributed by atoms with van der Waals surface area (Å²) in [6, 6.07) is 10.7. The first-order valence-corrected chi connectivity index (χ1v) is 13.6. The van der Waals surface area contributed by atoms with Gasteiger partial charge in [-0.25, -0.2) is 4.98 Å². The highest BCUT2D eigenvalue weighted by Crippen LogP contribution is 2.46. The quantitative estimate of drug-likeness (QED) is 0.362. The Labute approximate surface area is 228 Å². The molecule has 1 fully saturated rings. The Morgan fingerprint density at radius 1 is 0.949 bits per heavy atom. The van der Waals surface area contributed by atoms with Gasteiger partial charge in [0.15, 0.2) is 5.76 Å². The van der Waals surface area contributed by atoms with E-state index < -0.39 is 11.7 Å². The molecule has 0 radical (unpaired) electrons. The van der Waals surface area contributed by atoms with Crippen molar-refractivity contribution in [2.75, 3.05) is 31.1 Å². The second-order valence-electron chi connectivity index (χ2n) is 12.2. The molecule has 39 heavy (non-hydrogen) atoms. The van der Waals surface area contributed by atoms with Crippen LogP contribution in [0.15, 0.2) is 47.0 Å². The van der Waals surface area contributed by atoms with E-state index in [4.69, 9.17) is 4.42 Å². The van der Waals surface area contributed by atoms with Gasteiger partial charge in [0.1, 0.15) is 11.6 Å². The van der Waals surface area contributed by atoms with Crippen molar-refractivity contribution in [2.45, 2.75) is 70.9 Å². The van der Waals surface area contributed by atoms with Crippen LogP contribution in [-0.4, -0.2) is 42.0 Å². The molecule has 1 saturated heterocycles. The van der Waals surface area contributed by atoms with Gasteiger partial charge in [-0.05, 0) is 77.1 Å². The van der Waals surface area contributed by atoms with Crippen molar-refractivity contribution in [3.8, 4) is 0 Å². The van der Waals surface area contributed by atoms with Gasteiger partial charge in [-0.2, -0.15) is 13.2 Å². The van der Waals surface area contributed by atoms with E-state index in [0.29, 0.717) is 44.2 Å². The second-order valence-corrected chi connectivity index (χ2v) is 12.2. The van der Waals surface area contributed by atoms with Crippen molar-refractivity contribution in [1.29, 1.82) is 0 Å². The summed E-state index contributed by atoms with van der Waals surface area (Å²) in [5, 5.41) is 0. The molecular formula is C31H36F3N3O2. The molecule has 1 aromatic carbocycles. The van der Waals surface area contributed by atoms with Crippen molar-refractivity contribution < 1.29 is 22.4 Å². The fraction of sp³-hybridized carbons (Fsp3) is 0.484. The zero-order valence-electron chi connectivity index (χ0n) is 23.3. The molecule has 1 aliphatic carbocycles. The molecule has 2 aliphatic rings. The van der Waals surface area contributed by atoms with Crippen molar-refractivity contribution in [3.05, 3.63) is 81.9 Å². The topological polar surface area (TPSA) is 49.6 Å². The Morgan fingerprint density at radius 2 is 1.59 bits per heavy atom. The summed E-state index contributed by atoms with van der Waals surface area (Å²) in [4.78, 5) is 20.7. The predicted octanol–water partition coefficient (Wildman–Crippen LogP) is 6.90. The van der Waals surface area contributed by atoms with Gasteiger partial charge in [0, 0.05) is 38.8 Å². The minimum absolute atomic E-state index is 0.121. The number of aromatic nitrogens is 1. The highest BCUT2D eigenvalue weighted by molar-refractivity contribution is 5.91. The molecular weight excluding hydrogens is 503 g/mol. The van der Waals surface area contributed by atoms with E-state index in [0.717, 1.165) is 24.4 Å². The third kappa shape index (κ3) is 5.43. The summed E-state index contributed by atoms with van der Waals surface area (Å²) in [6.45, 7) is 13.3. The van der Waals surface area contributed by atoms with E-state index in [2.05, 4.69) is 51.7 Å². The molecule has 8 heteroatoms. The molecule has 3 heterocycles. The van der Waals surface area contributed by atoms with Gasteiger partial charge >= 0.3 is 6.18 Å². The number of rotatable bonds is 4. The molecule has 1 aliphatic heterocycles. The number of fused-ring (bicyclic) bond motifs is 1. The first-order valence-electron chi connectivity index (χ1n) is 13.6. The van der Waals surface area contributed by atoms with Crippen LogP contribution in [-0.2, 0) is 23.4 Å². The summed E-state index contributed by atoms with van der Waals surface area (Å²) in [5.74, 6) is 1.36. The zero-order valence-corrected chi connectivity index (χ0v) is 23.3. The Balaban J connectivity index is 1.24. The van der Waals surface area contributed by atoms with Crippen LogP contribution in [0.3, 0.4) is 0 Å². The molecule has 3 aromatic rings. The summed E-state index contributed by atoms with van der Waals surface area (Å²) in [7, 11) is 0. The van der Waals surface area contributed by atoms with E-state index in [1.807, 2.05) is 11.0 Å². The Hall–Kier alpha value is -3.29. The van der Waals surface area contributed by atoms with Gasteiger partial charge in [0.25, 0.3) is 5.91 Å². The normalized spacial score (nSPS) is 18.7. The molecule has 1 amide bonds. The van der Waals surface area contributed by atoms with Crippen LogP contribution >= 0.6 is 0 Å². The molecule has 0 N–H and O–H groups in total. The molecule has 2 aromatic heterocycles. The molecule has 5 nitrogen and oxygen atoms in total. The van der Waals surface area contributed by atoms with E-state index >= 15 is 0 Å². The molecule has 0 saturated carbocycles. The number of benzene rings is 1. The molecule has 0 spiro atoms. The fourth-order valence-corrected chi connectivity index (χ4v) is 5.77. The van der Waals surface area contributed by atoms with Crippen LogP contribution in [0.1, 0.15) is 84.7 Å². The number of furan rings is 1. The van der Waals surface area contributed by atoms with Gasteiger partial charge in [0.2, 0.25) is 0 Å². The predicted molar refractivity (Wildman–Crippen MR) is 145 cm³/mol. The lowest BCUT2D eigenvalue weighted by Gasteiger charge is -2.42. The van der Waals surface area contributed by atoms with Crippen LogP contribution in [0.2, 0.25) is 0 Å². The number of alkyl halides is 3.